The van der Waals surface area contributed by atoms with Crippen LogP contribution in [0.2, 0.25) is 0 Å². The van der Waals surface area contributed by atoms with Crippen LogP contribution in [0.25, 0.3) is 10.9 Å². The molecule has 2 aliphatic heterocycles. The molecule has 2 N–H and O–H groups in total. The Kier molecular flexibility index (Phi) is 5.54. The molecule has 0 saturated carbocycles. The van der Waals surface area contributed by atoms with Crippen molar-refractivity contribution in [2.75, 3.05) is 20.8 Å². The molecule has 0 radical (unpaired) electrons. The summed E-state index contributed by atoms with van der Waals surface area (Å²) in [6.45, 7) is 5.08. The fraction of sp³-hybridized carbons (Fsp3) is 0.522. The molecule has 6 nitrogen and oxygen atoms in total. The number of rotatable bonds is 5. The number of fused-ring (bicyclic) bond motifs is 2. The van der Waals surface area contributed by atoms with Crippen LogP contribution in [0, 0.1) is 11.8 Å². The van der Waals surface area contributed by atoms with Gasteiger partial charge >= 0.3 is 5.97 Å². The molecule has 2 aromatic rings. The highest BCUT2D eigenvalue weighted by Crippen LogP contribution is 2.42. The number of benzene rings is 1. The number of esters is 1. The smallest absolute Gasteiger partial charge is 0.337 e. The molecule has 4 rings (SSSR count). The van der Waals surface area contributed by atoms with Gasteiger partial charge in [-0.3, -0.25) is 0 Å². The van der Waals surface area contributed by atoms with Crippen molar-refractivity contribution in [3.8, 4) is 5.75 Å². The summed E-state index contributed by atoms with van der Waals surface area (Å²) in [4.78, 5) is 16.0. The van der Waals surface area contributed by atoms with Crippen molar-refractivity contribution in [3.05, 3.63) is 41.3 Å². The summed E-state index contributed by atoms with van der Waals surface area (Å²) in [5, 5.41) is 4.96. The molecule has 3 heterocycles. The van der Waals surface area contributed by atoms with Gasteiger partial charge in [0.1, 0.15) is 5.75 Å². The summed E-state index contributed by atoms with van der Waals surface area (Å²) < 4.78 is 16.2. The average molecular weight is 399 g/mol. The molecule has 3 unspecified atom stereocenters. The Labute approximate surface area is 171 Å². The van der Waals surface area contributed by atoms with Crippen LogP contribution in [0.3, 0.4) is 0 Å². The minimum absolute atomic E-state index is 0.0731. The van der Waals surface area contributed by atoms with Gasteiger partial charge < -0.3 is 24.5 Å². The average Bonchev–Trinajstić information content (AvgIpc) is 3.11. The third-order valence-electron chi connectivity index (χ3n) is 6.43. The summed E-state index contributed by atoms with van der Waals surface area (Å²) >= 11 is 0. The predicted octanol–water partition coefficient (Wildman–Crippen LogP) is 3.87. The highest BCUT2D eigenvalue weighted by molar-refractivity contribution is 5.89. The zero-order chi connectivity index (χ0) is 20.5. The van der Waals surface area contributed by atoms with Gasteiger partial charge in [0, 0.05) is 47.1 Å². The molecular formula is C23H30N2O4. The van der Waals surface area contributed by atoms with Crippen LogP contribution in [0.4, 0.5) is 0 Å². The van der Waals surface area contributed by atoms with Crippen molar-refractivity contribution < 1.29 is 19.0 Å². The number of piperidine rings is 1. The summed E-state index contributed by atoms with van der Waals surface area (Å²) in [5.41, 5.74) is 4.31. The SMILES string of the molecule is CCCc1c(C2CC3C(C(=O)OC)=CO[C@H](C)C3CN2)[nH]c2cc(OC)ccc12. The first kappa shape index (κ1) is 19.8. The number of aromatic amines is 1. The number of nitrogens with one attached hydrogen (secondary N) is 2. The number of aromatic nitrogens is 1. The first-order valence-electron chi connectivity index (χ1n) is 10.4. The number of carbonyl (C=O) groups is 1. The fourth-order valence-corrected chi connectivity index (χ4v) is 4.89. The largest absolute Gasteiger partial charge is 0.497 e. The van der Waals surface area contributed by atoms with E-state index in [0.717, 1.165) is 37.1 Å². The van der Waals surface area contributed by atoms with Crippen LogP contribution in [0.15, 0.2) is 30.0 Å². The number of methoxy groups -OCH3 is 2. The number of aryl methyl sites for hydroxylation is 1. The van der Waals surface area contributed by atoms with Crippen molar-refractivity contribution >= 4 is 16.9 Å². The van der Waals surface area contributed by atoms with E-state index in [1.54, 1.807) is 13.4 Å². The molecule has 1 fully saturated rings. The maximum absolute atomic E-state index is 12.3. The highest BCUT2D eigenvalue weighted by atomic mass is 16.5. The van der Waals surface area contributed by atoms with E-state index in [4.69, 9.17) is 14.2 Å². The van der Waals surface area contributed by atoms with Crippen molar-refractivity contribution in [1.29, 1.82) is 0 Å². The van der Waals surface area contributed by atoms with E-state index >= 15 is 0 Å². The van der Waals surface area contributed by atoms with Crippen LogP contribution >= 0.6 is 0 Å². The Balaban J connectivity index is 1.70. The van der Waals surface area contributed by atoms with Gasteiger partial charge in [-0.05, 0) is 37.5 Å². The molecule has 0 aliphatic carbocycles. The lowest BCUT2D eigenvalue weighted by Crippen LogP contribution is -2.47. The van der Waals surface area contributed by atoms with Gasteiger partial charge in [-0.2, -0.15) is 0 Å². The fourth-order valence-electron chi connectivity index (χ4n) is 4.89. The topological polar surface area (TPSA) is 72.6 Å². The third kappa shape index (κ3) is 3.50. The van der Waals surface area contributed by atoms with Crippen molar-refractivity contribution in [1.82, 2.24) is 10.3 Å². The molecule has 0 bridgehead atoms. The zero-order valence-corrected chi connectivity index (χ0v) is 17.6. The standard InChI is InChI=1S/C23H30N2O4/c1-5-6-16-15-8-7-14(27-3)9-20(15)25-22(16)21-10-17-18(11-24-21)13(2)29-12-19(17)23(26)28-4/h7-9,12-13,17-18,21,24-25H,5-6,10-11H2,1-4H3/t13-,17?,18?,21?/m1/s1. The van der Waals surface area contributed by atoms with Crippen LogP contribution < -0.4 is 10.1 Å². The lowest BCUT2D eigenvalue weighted by atomic mass is 9.74. The van der Waals surface area contributed by atoms with Crippen LogP contribution in [-0.2, 0) is 20.7 Å². The van der Waals surface area contributed by atoms with Crippen LogP contribution in [-0.4, -0.2) is 37.8 Å². The second-order valence-electron chi connectivity index (χ2n) is 8.05. The molecule has 0 spiro atoms. The van der Waals surface area contributed by atoms with Gasteiger partial charge in [-0.15, -0.1) is 0 Å². The lowest BCUT2D eigenvalue weighted by molar-refractivity contribution is -0.138. The van der Waals surface area contributed by atoms with Crippen LogP contribution in [0.5, 0.6) is 5.75 Å². The van der Waals surface area contributed by atoms with E-state index in [9.17, 15) is 4.79 Å². The molecule has 1 saturated heterocycles. The minimum Gasteiger partial charge on any atom is -0.497 e. The second-order valence-corrected chi connectivity index (χ2v) is 8.05. The highest BCUT2D eigenvalue weighted by Gasteiger charge is 2.42. The summed E-state index contributed by atoms with van der Waals surface area (Å²) in [6.07, 6.45) is 4.60. The minimum atomic E-state index is -0.289. The Morgan fingerprint density at radius 2 is 2.14 bits per heavy atom. The number of hydrogen-bond donors (Lipinski definition) is 2. The summed E-state index contributed by atoms with van der Waals surface area (Å²) in [5.74, 6) is 0.930. The third-order valence-corrected chi connectivity index (χ3v) is 6.43. The van der Waals surface area contributed by atoms with Crippen molar-refractivity contribution in [2.45, 2.75) is 45.3 Å². The Morgan fingerprint density at radius 3 is 2.86 bits per heavy atom. The maximum atomic E-state index is 12.3. The lowest BCUT2D eigenvalue weighted by Gasteiger charge is -2.42. The van der Waals surface area contributed by atoms with E-state index in [1.807, 2.05) is 6.07 Å². The molecule has 4 atom stereocenters. The van der Waals surface area contributed by atoms with Gasteiger partial charge in [0.05, 0.1) is 32.2 Å². The van der Waals surface area contributed by atoms with Crippen molar-refractivity contribution in [3.63, 3.8) is 0 Å². The molecule has 1 aromatic carbocycles. The Hall–Kier alpha value is -2.47. The second kappa shape index (κ2) is 8.11. The normalized spacial score (nSPS) is 26.4. The van der Waals surface area contributed by atoms with Gasteiger partial charge in [0.2, 0.25) is 0 Å². The van der Waals surface area contributed by atoms with Gasteiger partial charge in [-0.1, -0.05) is 13.3 Å². The Bertz CT molecular complexity index is 932. The number of ether oxygens (including phenoxy) is 3. The summed E-state index contributed by atoms with van der Waals surface area (Å²) in [7, 11) is 3.12. The zero-order valence-electron chi connectivity index (χ0n) is 17.6. The quantitative estimate of drug-likeness (QED) is 0.748. The van der Waals surface area contributed by atoms with Crippen LogP contribution in [0.1, 0.15) is 44.0 Å². The molecule has 29 heavy (non-hydrogen) atoms. The number of carbonyl (C=O) groups excluding carboxylic acids is 1. The Morgan fingerprint density at radius 1 is 1.31 bits per heavy atom. The first-order valence-corrected chi connectivity index (χ1v) is 10.4. The summed E-state index contributed by atoms with van der Waals surface area (Å²) in [6, 6.07) is 6.36. The molecule has 6 heteroatoms. The molecule has 0 amide bonds. The molecule has 1 aromatic heterocycles. The van der Waals surface area contributed by atoms with Gasteiger partial charge in [0.15, 0.2) is 0 Å². The van der Waals surface area contributed by atoms with E-state index < -0.39 is 0 Å². The van der Waals surface area contributed by atoms with E-state index in [2.05, 4.69) is 36.3 Å². The number of hydrogen-bond acceptors (Lipinski definition) is 5. The van der Waals surface area contributed by atoms with Crippen molar-refractivity contribution in [2.24, 2.45) is 11.8 Å². The van der Waals surface area contributed by atoms with Gasteiger partial charge in [-0.25, -0.2) is 4.79 Å². The monoisotopic (exact) mass is 398 g/mol. The molecular weight excluding hydrogens is 368 g/mol. The predicted molar refractivity (Wildman–Crippen MR) is 112 cm³/mol. The molecule has 2 aliphatic rings. The van der Waals surface area contributed by atoms with E-state index in [0.29, 0.717) is 5.57 Å². The number of H-pyrrole nitrogens is 1. The molecule has 156 valence electrons. The van der Waals surface area contributed by atoms with Gasteiger partial charge in [0.25, 0.3) is 0 Å². The maximum Gasteiger partial charge on any atom is 0.337 e. The van der Waals surface area contributed by atoms with E-state index in [-0.39, 0.29) is 30.0 Å². The first-order chi connectivity index (χ1) is 14.1. The van der Waals surface area contributed by atoms with E-state index in [1.165, 1.54) is 23.8 Å².